The average molecular weight is 183 g/mol. The number of nitrogens with one attached hydrogen (secondary N) is 2. The molecule has 2 aliphatic heterocycles. The minimum absolute atomic E-state index is 0.153. The number of rotatable bonds is 2. The van der Waals surface area contributed by atoms with Crippen molar-refractivity contribution in [3.8, 4) is 0 Å². The Balaban J connectivity index is 2.15. The van der Waals surface area contributed by atoms with Crippen molar-refractivity contribution in [2.24, 2.45) is 11.3 Å². The highest BCUT2D eigenvalue weighted by atomic mass is 16.2. The third-order valence-corrected chi connectivity index (χ3v) is 3.13. The molecule has 0 saturated carbocycles. The van der Waals surface area contributed by atoms with Gasteiger partial charge in [0.2, 0.25) is 5.91 Å². The van der Waals surface area contributed by atoms with E-state index in [1.165, 1.54) is 0 Å². The average Bonchev–Trinajstić information content (AvgIpc) is 2.52. The van der Waals surface area contributed by atoms with Crippen molar-refractivity contribution in [2.75, 3.05) is 40.3 Å². The number of hydrogen-bond acceptors (Lipinski definition) is 3. The van der Waals surface area contributed by atoms with Gasteiger partial charge in [0.15, 0.2) is 0 Å². The Hall–Kier alpha value is -0.610. The molecule has 13 heavy (non-hydrogen) atoms. The second kappa shape index (κ2) is 2.96. The molecule has 4 nitrogen and oxygen atoms in total. The van der Waals surface area contributed by atoms with Gasteiger partial charge < -0.3 is 15.5 Å². The first-order valence-electron chi connectivity index (χ1n) is 4.77. The van der Waals surface area contributed by atoms with Crippen molar-refractivity contribution in [1.82, 2.24) is 15.5 Å². The van der Waals surface area contributed by atoms with E-state index in [9.17, 15) is 4.79 Å². The molecular weight excluding hydrogens is 166 g/mol. The van der Waals surface area contributed by atoms with Crippen LogP contribution >= 0.6 is 0 Å². The summed E-state index contributed by atoms with van der Waals surface area (Å²) in [4.78, 5) is 13.6. The van der Waals surface area contributed by atoms with Gasteiger partial charge >= 0.3 is 0 Å². The van der Waals surface area contributed by atoms with Crippen LogP contribution in [-0.4, -0.2) is 51.1 Å². The maximum atomic E-state index is 11.5. The van der Waals surface area contributed by atoms with E-state index in [1.807, 2.05) is 0 Å². The lowest BCUT2D eigenvalue weighted by Crippen LogP contribution is -2.40. The fraction of sp³-hybridized carbons (Fsp3) is 0.889. The van der Waals surface area contributed by atoms with Crippen LogP contribution in [-0.2, 0) is 4.79 Å². The van der Waals surface area contributed by atoms with Gasteiger partial charge in [0.25, 0.3) is 0 Å². The third kappa shape index (κ3) is 1.34. The summed E-state index contributed by atoms with van der Waals surface area (Å²) in [5.41, 5.74) is 0.153. The Bertz CT molecular complexity index is 229. The zero-order valence-electron chi connectivity index (χ0n) is 8.26. The highest BCUT2D eigenvalue weighted by molar-refractivity contribution is 5.83. The third-order valence-electron chi connectivity index (χ3n) is 3.13. The van der Waals surface area contributed by atoms with E-state index in [4.69, 9.17) is 0 Å². The van der Waals surface area contributed by atoms with Crippen LogP contribution in [0.3, 0.4) is 0 Å². The lowest BCUT2D eigenvalue weighted by atomic mass is 9.80. The van der Waals surface area contributed by atoms with Crippen LogP contribution in [0.25, 0.3) is 0 Å². The highest BCUT2D eigenvalue weighted by Gasteiger charge is 2.51. The Morgan fingerprint density at radius 3 is 3.00 bits per heavy atom. The number of fused-ring (bicyclic) bond motifs is 1. The van der Waals surface area contributed by atoms with Gasteiger partial charge in [0, 0.05) is 31.6 Å². The van der Waals surface area contributed by atoms with Gasteiger partial charge in [-0.3, -0.25) is 4.79 Å². The minimum Gasteiger partial charge on any atom is -0.355 e. The summed E-state index contributed by atoms with van der Waals surface area (Å²) >= 11 is 0. The molecule has 2 atom stereocenters. The molecule has 0 unspecified atom stereocenters. The molecule has 2 rings (SSSR count). The molecule has 74 valence electrons. The fourth-order valence-corrected chi connectivity index (χ4v) is 2.60. The SMILES string of the molecule is CN(C)C[C@]12CNC[C@H]1C(=O)NC2. The molecule has 4 heteroatoms. The van der Waals surface area contributed by atoms with E-state index in [0.29, 0.717) is 0 Å². The first kappa shape index (κ1) is 8.97. The van der Waals surface area contributed by atoms with E-state index in [2.05, 4.69) is 29.6 Å². The second-order valence-corrected chi connectivity index (χ2v) is 4.50. The van der Waals surface area contributed by atoms with E-state index < -0.39 is 0 Å². The first-order chi connectivity index (χ1) is 6.14. The molecule has 0 aromatic carbocycles. The van der Waals surface area contributed by atoms with E-state index in [-0.39, 0.29) is 17.2 Å². The normalized spacial score (nSPS) is 38.1. The van der Waals surface area contributed by atoms with Crippen molar-refractivity contribution >= 4 is 5.91 Å². The van der Waals surface area contributed by atoms with Crippen molar-refractivity contribution in [1.29, 1.82) is 0 Å². The van der Waals surface area contributed by atoms with Crippen molar-refractivity contribution < 1.29 is 4.79 Å². The van der Waals surface area contributed by atoms with E-state index >= 15 is 0 Å². The molecule has 0 aliphatic carbocycles. The molecule has 2 N–H and O–H groups in total. The summed E-state index contributed by atoms with van der Waals surface area (Å²) in [5, 5.41) is 6.28. The van der Waals surface area contributed by atoms with Crippen LogP contribution in [0.1, 0.15) is 0 Å². The van der Waals surface area contributed by atoms with Crippen LogP contribution in [0.4, 0.5) is 0 Å². The molecular formula is C9H17N3O. The van der Waals surface area contributed by atoms with Gasteiger partial charge in [-0.2, -0.15) is 0 Å². The van der Waals surface area contributed by atoms with Gasteiger partial charge in [-0.15, -0.1) is 0 Å². The predicted molar refractivity (Wildman–Crippen MR) is 50.4 cm³/mol. The zero-order chi connectivity index (χ0) is 9.47. The van der Waals surface area contributed by atoms with Crippen molar-refractivity contribution in [3.63, 3.8) is 0 Å². The van der Waals surface area contributed by atoms with Crippen LogP contribution in [0, 0.1) is 11.3 Å². The summed E-state index contributed by atoms with van der Waals surface area (Å²) < 4.78 is 0. The molecule has 2 saturated heterocycles. The molecule has 2 aliphatic rings. The summed E-state index contributed by atoms with van der Waals surface area (Å²) in [6.45, 7) is 3.64. The predicted octanol–water partition coefficient (Wildman–Crippen LogP) is -1.12. The topological polar surface area (TPSA) is 44.4 Å². The van der Waals surface area contributed by atoms with Gasteiger partial charge in [0.1, 0.15) is 0 Å². The van der Waals surface area contributed by atoms with Crippen LogP contribution in [0.2, 0.25) is 0 Å². The summed E-state index contributed by atoms with van der Waals surface area (Å²) in [6.07, 6.45) is 0. The standard InChI is InChI=1S/C9H17N3O/c1-12(2)6-9-4-10-3-7(9)8(13)11-5-9/h7,10H,3-6H2,1-2H3,(H,11,13)/t7-,9+/m0/s1. The molecule has 0 spiro atoms. The molecule has 0 radical (unpaired) electrons. The quantitative estimate of drug-likeness (QED) is 0.570. The Morgan fingerprint density at radius 2 is 2.31 bits per heavy atom. The summed E-state index contributed by atoms with van der Waals surface area (Å²) in [5.74, 6) is 0.418. The van der Waals surface area contributed by atoms with Gasteiger partial charge in [-0.1, -0.05) is 0 Å². The maximum absolute atomic E-state index is 11.5. The van der Waals surface area contributed by atoms with Crippen molar-refractivity contribution in [2.45, 2.75) is 0 Å². The van der Waals surface area contributed by atoms with Crippen LogP contribution in [0.5, 0.6) is 0 Å². The number of carbonyl (C=O) groups excluding carboxylic acids is 1. The van der Waals surface area contributed by atoms with Crippen LogP contribution < -0.4 is 10.6 Å². The van der Waals surface area contributed by atoms with Crippen molar-refractivity contribution in [3.05, 3.63) is 0 Å². The van der Waals surface area contributed by atoms with Gasteiger partial charge in [-0.25, -0.2) is 0 Å². The fourth-order valence-electron chi connectivity index (χ4n) is 2.60. The lowest BCUT2D eigenvalue weighted by Gasteiger charge is -2.29. The molecule has 0 aromatic rings. The van der Waals surface area contributed by atoms with E-state index in [1.54, 1.807) is 0 Å². The monoisotopic (exact) mass is 183 g/mol. The second-order valence-electron chi connectivity index (χ2n) is 4.50. The number of hydrogen-bond donors (Lipinski definition) is 2. The smallest absolute Gasteiger partial charge is 0.225 e. The highest BCUT2D eigenvalue weighted by Crippen LogP contribution is 2.35. The van der Waals surface area contributed by atoms with Gasteiger partial charge in [-0.05, 0) is 14.1 Å². The van der Waals surface area contributed by atoms with Gasteiger partial charge in [0.05, 0.1) is 5.92 Å². The number of nitrogens with zero attached hydrogens (tertiary/aromatic N) is 1. The van der Waals surface area contributed by atoms with Crippen LogP contribution in [0.15, 0.2) is 0 Å². The number of amides is 1. The molecule has 1 amide bonds. The molecule has 0 bridgehead atoms. The molecule has 0 aromatic heterocycles. The minimum atomic E-state index is 0.153. The lowest BCUT2D eigenvalue weighted by molar-refractivity contribution is -0.123. The maximum Gasteiger partial charge on any atom is 0.225 e. The Kier molecular flexibility index (Phi) is 2.04. The van der Waals surface area contributed by atoms with E-state index in [0.717, 1.165) is 26.2 Å². The zero-order valence-corrected chi connectivity index (χ0v) is 8.26. The first-order valence-corrected chi connectivity index (χ1v) is 4.77. The largest absolute Gasteiger partial charge is 0.355 e. The Labute approximate surface area is 78.7 Å². The number of carbonyl (C=O) groups is 1. The summed E-state index contributed by atoms with van der Waals surface area (Å²) in [6, 6.07) is 0. The summed E-state index contributed by atoms with van der Waals surface area (Å²) in [7, 11) is 4.12. The molecule has 2 heterocycles. The Morgan fingerprint density at radius 1 is 1.54 bits per heavy atom. The molecule has 2 fully saturated rings.